The predicted octanol–water partition coefficient (Wildman–Crippen LogP) is 2.80. The molecule has 4 heteroatoms. The minimum absolute atomic E-state index is 0.0315. The van der Waals surface area contributed by atoms with E-state index in [0.29, 0.717) is 17.5 Å². The molecule has 1 fully saturated rings. The van der Waals surface area contributed by atoms with Crippen molar-refractivity contribution >= 4 is 11.6 Å². The number of rotatable bonds is 4. The van der Waals surface area contributed by atoms with Crippen LogP contribution in [-0.2, 0) is 4.79 Å². The van der Waals surface area contributed by atoms with Crippen LogP contribution < -0.4 is 15.8 Å². The molecule has 3 N–H and O–H groups in total. The molecule has 2 rings (SSSR count). The highest BCUT2D eigenvalue weighted by Crippen LogP contribution is 2.22. The minimum Gasteiger partial charge on any atom is -0.482 e. The Morgan fingerprint density at radius 3 is 2.65 bits per heavy atom. The van der Waals surface area contributed by atoms with E-state index in [9.17, 15) is 4.79 Å². The number of carbonyl (C=O) groups excluding carboxylic acids is 1. The molecule has 0 heterocycles. The Bertz CT molecular complexity index is 452. The number of ether oxygens (including phenoxy) is 1. The van der Waals surface area contributed by atoms with Crippen molar-refractivity contribution < 1.29 is 9.53 Å². The molecule has 0 radical (unpaired) electrons. The van der Waals surface area contributed by atoms with Crippen LogP contribution in [-0.4, -0.2) is 18.6 Å². The summed E-state index contributed by atoms with van der Waals surface area (Å²) < 4.78 is 5.49. The number of nitrogen functional groups attached to an aromatic ring is 1. The summed E-state index contributed by atoms with van der Waals surface area (Å²) in [6.07, 6.45) is 7.13. The zero-order valence-electron chi connectivity index (χ0n) is 12.2. The second-order valence-corrected chi connectivity index (χ2v) is 5.59. The highest BCUT2D eigenvalue weighted by atomic mass is 16.5. The van der Waals surface area contributed by atoms with Gasteiger partial charge in [0.25, 0.3) is 5.91 Å². The van der Waals surface area contributed by atoms with Gasteiger partial charge in [-0.15, -0.1) is 0 Å². The van der Waals surface area contributed by atoms with E-state index in [1.807, 2.05) is 25.1 Å². The summed E-state index contributed by atoms with van der Waals surface area (Å²) in [5, 5.41) is 3.06. The van der Waals surface area contributed by atoms with E-state index in [0.717, 1.165) is 18.4 Å². The van der Waals surface area contributed by atoms with Crippen LogP contribution >= 0.6 is 0 Å². The maximum absolute atomic E-state index is 11.9. The molecule has 110 valence electrons. The Kier molecular flexibility index (Phi) is 5.27. The van der Waals surface area contributed by atoms with E-state index in [1.165, 1.54) is 25.7 Å². The van der Waals surface area contributed by atoms with Gasteiger partial charge in [-0.05, 0) is 37.5 Å². The van der Waals surface area contributed by atoms with Crippen molar-refractivity contribution in [1.82, 2.24) is 5.32 Å². The van der Waals surface area contributed by atoms with E-state index >= 15 is 0 Å². The van der Waals surface area contributed by atoms with E-state index in [-0.39, 0.29) is 12.5 Å². The summed E-state index contributed by atoms with van der Waals surface area (Å²) in [5.41, 5.74) is 7.51. The van der Waals surface area contributed by atoms with Gasteiger partial charge in [-0.25, -0.2) is 0 Å². The van der Waals surface area contributed by atoms with Gasteiger partial charge in [-0.3, -0.25) is 4.79 Å². The van der Waals surface area contributed by atoms with Crippen LogP contribution in [0.5, 0.6) is 5.75 Å². The highest BCUT2D eigenvalue weighted by Gasteiger charge is 2.15. The first-order chi connectivity index (χ1) is 9.65. The van der Waals surface area contributed by atoms with E-state index in [1.54, 1.807) is 0 Å². The van der Waals surface area contributed by atoms with Crippen molar-refractivity contribution in [1.29, 1.82) is 0 Å². The first-order valence-electron chi connectivity index (χ1n) is 7.43. The summed E-state index contributed by atoms with van der Waals surface area (Å²) in [6, 6.07) is 5.89. The van der Waals surface area contributed by atoms with Crippen LogP contribution in [0, 0.1) is 6.92 Å². The first-order valence-corrected chi connectivity index (χ1v) is 7.43. The van der Waals surface area contributed by atoms with Crippen molar-refractivity contribution in [2.45, 2.75) is 51.5 Å². The molecule has 1 amide bonds. The Balaban J connectivity index is 1.79. The topological polar surface area (TPSA) is 64.3 Å². The van der Waals surface area contributed by atoms with Crippen LogP contribution in [0.15, 0.2) is 18.2 Å². The smallest absolute Gasteiger partial charge is 0.258 e. The molecule has 0 unspecified atom stereocenters. The first kappa shape index (κ1) is 14.7. The van der Waals surface area contributed by atoms with Gasteiger partial charge in [-0.1, -0.05) is 31.7 Å². The normalized spacial score (nSPS) is 16.4. The molecule has 1 aliphatic carbocycles. The van der Waals surface area contributed by atoms with Crippen LogP contribution in [0.3, 0.4) is 0 Å². The number of hydrogen-bond acceptors (Lipinski definition) is 3. The molecule has 1 saturated carbocycles. The molecule has 0 atom stereocenters. The fraction of sp³-hybridized carbons (Fsp3) is 0.562. The van der Waals surface area contributed by atoms with Gasteiger partial charge in [0, 0.05) is 6.04 Å². The van der Waals surface area contributed by atoms with Gasteiger partial charge in [0.05, 0.1) is 5.69 Å². The molecule has 1 aliphatic rings. The van der Waals surface area contributed by atoms with Gasteiger partial charge in [0.1, 0.15) is 5.75 Å². The Morgan fingerprint density at radius 2 is 2.00 bits per heavy atom. The number of nitrogens with two attached hydrogens (primary N) is 1. The summed E-state index contributed by atoms with van der Waals surface area (Å²) in [4.78, 5) is 11.9. The summed E-state index contributed by atoms with van der Waals surface area (Å²) in [6.45, 7) is 2.00. The minimum atomic E-state index is -0.0584. The van der Waals surface area contributed by atoms with Gasteiger partial charge in [-0.2, -0.15) is 0 Å². The second-order valence-electron chi connectivity index (χ2n) is 5.59. The third-order valence-electron chi connectivity index (χ3n) is 3.74. The molecule has 0 spiro atoms. The number of amides is 1. The van der Waals surface area contributed by atoms with Gasteiger partial charge in [0.15, 0.2) is 6.61 Å². The molecule has 1 aromatic carbocycles. The number of hydrogen-bond donors (Lipinski definition) is 2. The number of anilines is 1. The highest BCUT2D eigenvalue weighted by molar-refractivity contribution is 5.78. The standard InChI is InChI=1S/C16H24N2O2/c1-12-8-9-15(14(17)10-12)20-11-16(19)18-13-6-4-2-3-5-7-13/h8-10,13H,2-7,11,17H2,1H3,(H,18,19). The maximum atomic E-state index is 11.9. The third-order valence-corrected chi connectivity index (χ3v) is 3.74. The molecule has 4 nitrogen and oxygen atoms in total. The second kappa shape index (κ2) is 7.17. The SMILES string of the molecule is Cc1ccc(OCC(=O)NC2CCCCCC2)c(N)c1. The van der Waals surface area contributed by atoms with Crippen molar-refractivity contribution in [2.24, 2.45) is 0 Å². The maximum Gasteiger partial charge on any atom is 0.258 e. The Labute approximate surface area is 120 Å². The largest absolute Gasteiger partial charge is 0.482 e. The molecule has 0 aromatic heterocycles. The fourth-order valence-corrected chi connectivity index (χ4v) is 2.64. The lowest BCUT2D eigenvalue weighted by atomic mass is 10.1. The van der Waals surface area contributed by atoms with Crippen LogP contribution in [0.1, 0.15) is 44.1 Å². The van der Waals surface area contributed by atoms with E-state index in [2.05, 4.69) is 5.32 Å². The molecular formula is C16H24N2O2. The van der Waals surface area contributed by atoms with E-state index in [4.69, 9.17) is 10.5 Å². The lowest BCUT2D eigenvalue weighted by molar-refractivity contribution is -0.123. The summed E-state index contributed by atoms with van der Waals surface area (Å²) in [7, 11) is 0. The molecule has 0 saturated heterocycles. The van der Waals surface area contributed by atoms with Gasteiger partial charge >= 0.3 is 0 Å². The van der Waals surface area contributed by atoms with Crippen molar-refractivity contribution in [3.05, 3.63) is 23.8 Å². The summed E-state index contributed by atoms with van der Waals surface area (Å²) in [5.74, 6) is 0.517. The quantitative estimate of drug-likeness (QED) is 0.656. The zero-order valence-corrected chi connectivity index (χ0v) is 12.2. The number of carbonyl (C=O) groups is 1. The lowest BCUT2D eigenvalue weighted by Gasteiger charge is -2.16. The van der Waals surface area contributed by atoms with Crippen LogP contribution in [0.2, 0.25) is 0 Å². The average Bonchev–Trinajstić information content (AvgIpc) is 2.66. The molecule has 0 bridgehead atoms. The van der Waals surface area contributed by atoms with E-state index < -0.39 is 0 Å². The lowest BCUT2D eigenvalue weighted by Crippen LogP contribution is -2.37. The molecular weight excluding hydrogens is 252 g/mol. The Morgan fingerprint density at radius 1 is 1.30 bits per heavy atom. The monoisotopic (exact) mass is 276 g/mol. The van der Waals surface area contributed by atoms with Crippen LogP contribution in [0.25, 0.3) is 0 Å². The van der Waals surface area contributed by atoms with Crippen molar-refractivity contribution in [2.75, 3.05) is 12.3 Å². The molecule has 20 heavy (non-hydrogen) atoms. The number of benzene rings is 1. The fourth-order valence-electron chi connectivity index (χ4n) is 2.64. The number of nitrogens with one attached hydrogen (secondary N) is 1. The zero-order chi connectivity index (χ0) is 14.4. The third kappa shape index (κ3) is 4.44. The molecule has 0 aliphatic heterocycles. The average molecular weight is 276 g/mol. The Hall–Kier alpha value is -1.71. The number of aryl methyl sites for hydroxylation is 1. The van der Waals surface area contributed by atoms with Gasteiger partial charge in [0.2, 0.25) is 0 Å². The van der Waals surface area contributed by atoms with Gasteiger partial charge < -0.3 is 15.8 Å². The van der Waals surface area contributed by atoms with Crippen molar-refractivity contribution in [3.8, 4) is 5.75 Å². The van der Waals surface area contributed by atoms with Crippen LogP contribution in [0.4, 0.5) is 5.69 Å². The summed E-state index contributed by atoms with van der Waals surface area (Å²) >= 11 is 0. The van der Waals surface area contributed by atoms with Crippen molar-refractivity contribution in [3.63, 3.8) is 0 Å². The predicted molar refractivity (Wildman–Crippen MR) is 80.7 cm³/mol. The molecule has 1 aromatic rings.